The number of carbonyl (C=O) groups is 1. The van der Waals surface area contributed by atoms with Gasteiger partial charge in [-0.15, -0.1) is 0 Å². The van der Waals surface area contributed by atoms with E-state index in [2.05, 4.69) is 33.1 Å². The monoisotopic (exact) mass is 469 g/mol. The second-order valence-corrected chi connectivity index (χ2v) is 6.30. The zero-order valence-electron chi connectivity index (χ0n) is 13.2. The molecule has 0 saturated carbocycles. The van der Waals surface area contributed by atoms with E-state index in [4.69, 9.17) is 14.2 Å². The Morgan fingerprint density at radius 2 is 2.00 bits per heavy atom. The number of ether oxygens (including phenoxy) is 3. The second-order valence-electron chi connectivity index (χ2n) is 5.06. The number of nitrogens with zero attached hydrogens (tertiary/aromatic N) is 2. The quantitative estimate of drug-likeness (QED) is 0.301. The van der Waals surface area contributed by atoms with Crippen LogP contribution in [0.3, 0.4) is 0 Å². The van der Waals surface area contributed by atoms with Crippen LogP contribution < -0.4 is 19.6 Å². The van der Waals surface area contributed by atoms with Crippen LogP contribution in [0.2, 0.25) is 0 Å². The van der Waals surface area contributed by atoms with Gasteiger partial charge in [0.1, 0.15) is 5.75 Å². The summed E-state index contributed by atoms with van der Waals surface area (Å²) in [5.74, 6) is 0.730. The molecular formula is C16H12IN3O6. The van der Waals surface area contributed by atoms with Crippen LogP contribution in [0.4, 0.5) is 5.69 Å². The second kappa shape index (κ2) is 7.99. The van der Waals surface area contributed by atoms with Gasteiger partial charge in [0.25, 0.3) is 11.6 Å². The van der Waals surface area contributed by atoms with Gasteiger partial charge in [-0.1, -0.05) is 0 Å². The summed E-state index contributed by atoms with van der Waals surface area (Å²) in [4.78, 5) is 22.3. The molecule has 1 aliphatic heterocycles. The first-order chi connectivity index (χ1) is 12.5. The molecule has 0 fully saturated rings. The Hall–Kier alpha value is -2.89. The van der Waals surface area contributed by atoms with Crippen molar-refractivity contribution in [1.29, 1.82) is 0 Å². The minimum absolute atomic E-state index is 0.000301. The van der Waals surface area contributed by atoms with Gasteiger partial charge in [-0.2, -0.15) is 5.10 Å². The van der Waals surface area contributed by atoms with Gasteiger partial charge >= 0.3 is 0 Å². The third kappa shape index (κ3) is 4.39. The molecule has 9 nitrogen and oxygen atoms in total. The van der Waals surface area contributed by atoms with Gasteiger partial charge in [0.15, 0.2) is 18.1 Å². The number of carbonyl (C=O) groups excluding carboxylic acids is 1. The van der Waals surface area contributed by atoms with Crippen molar-refractivity contribution in [3.8, 4) is 17.2 Å². The Balaban J connectivity index is 1.60. The number of nitro benzene ring substituents is 1. The summed E-state index contributed by atoms with van der Waals surface area (Å²) in [6.45, 7) is -0.235. The van der Waals surface area contributed by atoms with E-state index in [9.17, 15) is 14.9 Å². The van der Waals surface area contributed by atoms with Crippen molar-refractivity contribution in [1.82, 2.24) is 5.43 Å². The van der Waals surface area contributed by atoms with Crippen LogP contribution in [-0.4, -0.2) is 30.4 Å². The number of hydrogen-bond acceptors (Lipinski definition) is 7. The lowest BCUT2D eigenvalue weighted by Gasteiger charge is -2.05. The molecule has 0 unspecified atom stereocenters. The van der Waals surface area contributed by atoms with Gasteiger partial charge in [-0.05, 0) is 52.9 Å². The number of hydrazone groups is 1. The molecule has 0 atom stereocenters. The molecule has 2 aromatic carbocycles. The maximum absolute atomic E-state index is 11.7. The minimum atomic E-state index is -0.564. The standard InChI is InChI=1S/C16H12IN3O6/c17-11-1-3-12(4-2-11)24-8-16(21)19-18-7-10-5-14-15(26-9-25-14)6-13(10)20(22)23/h1-7H,8-9H2,(H,19,21)/b18-7-. The lowest BCUT2D eigenvalue weighted by molar-refractivity contribution is -0.385. The van der Waals surface area contributed by atoms with Crippen LogP contribution >= 0.6 is 22.6 Å². The van der Waals surface area contributed by atoms with Crippen LogP contribution in [0.1, 0.15) is 5.56 Å². The Morgan fingerprint density at radius 1 is 1.31 bits per heavy atom. The number of nitrogens with one attached hydrogen (secondary N) is 1. The highest BCUT2D eigenvalue weighted by atomic mass is 127. The van der Waals surface area contributed by atoms with E-state index in [0.717, 1.165) is 3.57 Å². The number of benzene rings is 2. The van der Waals surface area contributed by atoms with Crippen molar-refractivity contribution in [2.24, 2.45) is 5.10 Å². The molecule has 0 aromatic heterocycles. The van der Waals surface area contributed by atoms with Crippen LogP contribution in [-0.2, 0) is 4.79 Å². The molecule has 0 saturated heterocycles. The number of halogens is 1. The topological polar surface area (TPSA) is 112 Å². The van der Waals surface area contributed by atoms with Crippen LogP contribution in [0.15, 0.2) is 41.5 Å². The van der Waals surface area contributed by atoms with Crippen molar-refractivity contribution >= 4 is 40.4 Å². The van der Waals surface area contributed by atoms with E-state index < -0.39 is 10.8 Å². The van der Waals surface area contributed by atoms with Crippen molar-refractivity contribution in [3.63, 3.8) is 0 Å². The number of nitro groups is 1. The Bertz CT molecular complexity index is 869. The molecule has 1 amide bonds. The molecule has 3 rings (SSSR count). The first kappa shape index (κ1) is 17.9. The van der Waals surface area contributed by atoms with Crippen LogP contribution in [0, 0.1) is 13.7 Å². The molecule has 1 N–H and O–H groups in total. The summed E-state index contributed by atoms with van der Waals surface area (Å²) in [6, 6.07) is 9.88. The Morgan fingerprint density at radius 3 is 2.69 bits per heavy atom. The predicted molar refractivity (Wildman–Crippen MR) is 99.6 cm³/mol. The maximum Gasteiger partial charge on any atom is 0.282 e. The average molecular weight is 469 g/mol. The van der Waals surface area contributed by atoms with Crippen LogP contribution in [0.25, 0.3) is 0 Å². The highest BCUT2D eigenvalue weighted by Gasteiger charge is 2.22. The van der Waals surface area contributed by atoms with Gasteiger partial charge in [0.05, 0.1) is 22.8 Å². The molecule has 26 heavy (non-hydrogen) atoms. The van der Waals surface area contributed by atoms with Crippen molar-refractivity contribution in [3.05, 3.63) is 55.6 Å². The largest absolute Gasteiger partial charge is 0.484 e. The molecule has 0 bridgehead atoms. The molecule has 0 aliphatic carbocycles. The van der Waals surface area contributed by atoms with Gasteiger partial charge in [0.2, 0.25) is 6.79 Å². The van der Waals surface area contributed by atoms with Gasteiger partial charge in [0, 0.05) is 3.57 Å². The van der Waals surface area contributed by atoms with Crippen molar-refractivity contribution in [2.75, 3.05) is 13.4 Å². The molecular weight excluding hydrogens is 457 g/mol. The molecule has 1 heterocycles. The maximum atomic E-state index is 11.7. The number of amides is 1. The highest BCUT2D eigenvalue weighted by Crippen LogP contribution is 2.37. The summed E-state index contributed by atoms with van der Waals surface area (Å²) in [7, 11) is 0. The molecule has 134 valence electrons. The zero-order valence-corrected chi connectivity index (χ0v) is 15.3. The Labute approximate surface area is 161 Å². The minimum Gasteiger partial charge on any atom is -0.484 e. The molecule has 1 aliphatic rings. The van der Waals surface area contributed by atoms with E-state index in [0.29, 0.717) is 17.2 Å². The lowest BCUT2D eigenvalue weighted by Crippen LogP contribution is -2.24. The average Bonchev–Trinajstić information content (AvgIpc) is 3.08. The predicted octanol–water partition coefficient (Wildman–Crippen LogP) is 2.46. The molecule has 0 spiro atoms. The van der Waals surface area contributed by atoms with Gasteiger partial charge in [-0.25, -0.2) is 5.43 Å². The fourth-order valence-electron chi connectivity index (χ4n) is 2.09. The van der Waals surface area contributed by atoms with E-state index in [-0.39, 0.29) is 24.7 Å². The van der Waals surface area contributed by atoms with E-state index >= 15 is 0 Å². The number of rotatable bonds is 6. The number of fused-ring (bicyclic) bond motifs is 1. The highest BCUT2D eigenvalue weighted by molar-refractivity contribution is 14.1. The van der Waals surface area contributed by atoms with Gasteiger partial charge < -0.3 is 14.2 Å². The van der Waals surface area contributed by atoms with Crippen molar-refractivity contribution < 1.29 is 23.9 Å². The fraction of sp³-hybridized carbons (Fsp3) is 0.125. The summed E-state index contributed by atoms with van der Waals surface area (Å²) in [5, 5.41) is 14.9. The lowest BCUT2D eigenvalue weighted by atomic mass is 10.1. The summed E-state index contributed by atoms with van der Waals surface area (Å²) < 4.78 is 16.7. The third-order valence-electron chi connectivity index (χ3n) is 3.30. The van der Waals surface area contributed by atoms with Crippen molar-refractivity contribution in [2.45, 2.75) is 0 Å². The first-order valence-electron chi connectivity index (χ1n) is 7.31. The van der Waals surface area contributed by atoms with Crippen LogP contribution in [0.5, 0.6) is 17.2 Å². The normalized spacial score (nSPS) is 12.2. The van der Waals surface area contributed by atoms with E-state index in [1.165, 1.54) is 18.3 Å². The SMILES string of the molecule is O=C(COc1ccc(I)cc1)N/N=C\c1cc2c(cc1[N+](=O)[O-])OCO2. The number of hydrogen-bond donors (Lipinski definition) is 1. The van der Waals surface area contributed by atoms with Gasteiger partial charge in [-0.3, -0.25) is 14.9 Å². The smallest absolute Gasteiger partial charge is 0.282 e. The van der Waals surface area contributed by atoms with E-state index in [1.807, 2.05) is 12.1 Å². The zero-order chi connectivity index (χ0) is 18.5. The fourth-order valence-corrected chi connectivity index (χ4v) is 2.45. The summed E-state index contributed by atoms with van der Waals surface area (Å²) in [5.41, 5.74) is 2.23. The molecule has 10 heteroatoms. The molecule has 0 radical (unpaired) electrons. The third-order valence-corrected chi connectivity index (χ3v) is 4.01. The Kier molecular flexibility index (Phi) is 5.51. The molecule has 2 aromatic rings. The summed E-state index contributed by atoms with van der Waals surface area (Å²) >= 11 is 2.16. The van der Waals surface area contributed by atoms with E-state index in [1.54, 1.807) is 12.1 Å². The summed E-state index contributed by atoms with van der Waals surface area (Å²) in [6.07, 6.45) is 1.17. The first-order valence-corrected chi connectivity index (χ1v) is 8.39.